The molecule has 0 radical (unpaired) electrons. The standard InChI is InChI=1S/C23H18BrN3O3S2/c1-12-9-14(11-16(20(12)28)22-26-17-5-3-4-6-19(17)32-22)25-23(31)27-21(29)15-10-13(24)7-8-18(15)30-2/h3-11,28H,1-2H3,(H2,25,27,29,31). The first-order valence-corrected chi connectivity index (χ1v) is 11.5. The molecule has 3 aromatic carbocycles. The molecule has 0 fully saturated rings. The summed E-state index contributed by atoms with van der Waals surface area (Å²) in [7, 11) is 1.50. The molecule has 0 saturated heterocycles. The summed E-state index contributed by atoms with van der Waals surface area (Å²) in [5.74, 6) is 0.193. The van der Waals surface area contributed by atoms with Crippen LogP contribution in [0, 0.1) is 6.92 Å². The maximum absolute atomic E-state index is 12.7. The van der Waals surface area contributed by atoms with Gasteiger partial charge in [0.1, 0.15) is 16.5 Å². The van der Waals surface area contributed by atoms with Crippen LogP contribution < -0.4 is 15.4 Å². The fourth-order valence-corrected chi connectivity index (χ4v) is 4.75. The molecule has 0 saturated carbocycles. The number of halogens is 1. The van der Waals surface area contributed by atoms with Gasteiger partial charge in [0.25, 0.3) is 5.91 Å². The summed E-state index contributed by atoms with van der Waals surface area (Å²) in [6.07, 6.45) is 0. The number of hydrogen-bond donors (Lipinski definition) is 3. The van der Waals surface area contributed by atoms with Gasteiger partial charge in [0, 0.05) is 10.2 Å². The number of thiazole rings is 1. The van der Waals surface area contributed by atoms with Crippen LogP contribution in [0.5, 0.6) is 11.5 Å². The molecule has 0 aliphatic carbocycles. The molecule has 32 heavy (non-hydrogen) atoms. The summed E-state index contributed by atoms with van der Waals surface area (Å²) < 4.78 is 7.04. The van der Waals surface area contributed by atoms with Crippen molar-refractivity contribution in [3.63, 3.8) is 0 Å². The van der Waals surface area contributed by atoms with Crippen LogP contribution >= 0.6 is 39.5 Å². The number of carbonyl (C=O) groups excluding carboxylic acids is 1. The van der Waals surface area contributed by atoms with Crippen molar-refractivity contribution in [1.29, 1.82) is 0 Å². The molecule has 1 aromatic heterocycles. The Kier molecular flexibility index (Phi) is 6.40. The molecule has 3 N–H and O–H groups in total. The van der Waals surface area contributed by atoms with E-state index in [9.17, 15) is 9.90 Å². The molecule has 4 rings (SSSR count). The largest absolute Gasteiger partial charge is 0.507 e. The van der Waals surface area contributed by atoms with Gasteiger partial charge in [-0.15, -0.1) is 11.3 Å². The zero-order valence-electron chi connectivity index (χ0n) is 17.1. The predicted octanol–water partition coefficient (Wildman–Crippen LogP) is 5.88. The van der Waals surface area contributed by atoms with Crippen LogP contribution in [0.1, 0.15) is 15.9 Å². The van der Waals surface area contributed by atoms with Crippen LogP contribution in [0.3, 0.4) is 0 Å². The van der Waals surface area contributed by atoms with E-state index in [1.807, 2.05) is 24.3 Å². The molecule has 1 heterocycles. The first-order chi connectivity index (χ1) is 15.4. The van der Waals surface area contributed by atoms with Crippen LogP contribution in [0.25, 0.3) is 20.8 Å². The molecule has 162 valence electrons. The average molecular weight is 528 g/mol. The molecular weight excluding hydrogens is 510 g/mol. The van der Waals surface area contributed by atoms with E-state index in [0.717, 1.165) is 14.7 Å². The fourth-order valence-electron chi connectivity index (χ4n) is 3.19. The SMILES string of the molecule is COc1ccc(Br)cc1C(=O)NC(=S)Nc1cc(C)c(O)c(-c2nc3ccccc3s2)c1. The molecule has 0 aliphatic rings. The molecule has 1 amide bonds. The van der Waals surface area contributed by atoms with Gasteiger partial charge in [0.05, 0.1) is 28.5 Å². The number of aromatic hydroxyl groups is 1. The topological polar surface area (TPSA) is 83.5 Å². The quantitative estimate of drug-likeness (QED) is 0.227. The number of aromatic nitrogens is 1. The number of anilines is 1. The van der Waals surface area contributed by atoms with Gasteiger partial charge in [-0.3, -0.25) is 10.1 Å². The van der Waals surface area contributed by atoms with Crippen molar-refractivity contribution < 1.29 is 14.6 Å². The van der Waals surface area contributed by atoms with Crippen molar-refractivity contribution in [2.45, 2.75) is 6.92 Å². The number of phenolic OH excluding ortho intramolecular Hbond substituents is 1. The minimum Gasteiger partial charge on any atom is -0.507 e. The lowest BCUT2D eigenvalue weighted by atomic mass is 10.1. The molecule has 0 unspecified atom stereocenters. The van der Waals surface area contributed by atoms with Crippen LogP contribution in [-0.4, -0.2) is 28.2 Å². The van der Waals surface area contributed by atoms with Crippen molar-refractivity contribution in [2.24, 2.45) is 0 Å². The van der Waals surface area contributed by atoms with E-state index in [0.29, 0.717) is 33.1 Å². The normalized spacial score (nSPS) is 10.7. The highest BCUT2D eigenvalue weighted by Crippen LogP contribution is 2.38. The predicted molar refractivity (Wildman–Crippen MR) is 136 cm³/mol. The Morgan fingerprint density at radius 3 is 2.72 bits per heavy atom. The van der Waals surface area contributed by atoms with Gasteiger partial charge in [-0.2, -0.15) is 0 Å². The highest BCUT2D eigenvalue weighted by Gasteiger charge is 2.17. The Bertz CT molecular complexity index is 1320. The number of ether oxygens (including phenoxy) is 1. The van der Waals surface area contributed by atoms with Crippen LogP contribution in [0.2, 0.25) is 0 Å². The number of aryl methyl sites for hydroxylation is 1. The number of phenols is 1. The van der Waals surface area contributed by atoms with Crippen LogP contribution in [-0.2, 0) is 0 Å². The number of fused-ring (bicyclic) bond motifs is 1. The van der Waals surface area contributed by atoms with E-state index < -0.39 is 5.91 Å². The number of methoxy groups -OCH3 is 1. The summed E-state index contributed by atoms with van der Waals surface area (Å²) in [5, 5.41) is 17.1. The number of amides is 1. The second kappa shape index (κ2) is 9.23. The van der Waals surface area contributed by atoms with Gasteiger partial charge in [0.15, 0.2) is 5.11 Å². The lowest BCUT2D eigenvalue weighted by molar-refractivity contribution is 0.0974. The highest BCUT2D eigenvalue weighted by molar-refractivity contribution is 9.10. The van der Waals surface area contributed by atoms with Crippen LogP contribution in [0.15, 0.2) is 59.1 Å². The molecule has 6 nitrogen and oxygen atoms in total. The number of para-hydroxylation sites is 1. The fraction of sp³-hybridized carbons (Fsp3) is 0.0870. The van der Waals surface area contributed by atoms with E-state index in [1.165, 1.54) is 18.4 Å². The number of carbonyl (C=O) groups is 1. The van der Waals surface area contributed by atoms with E-state index in [-0.39, 0.29) is 10.9 Å². The van der Waals surface area contributed by atoms with Crippen molar-refractivity contribution >= 4 is 66.4 Å². The molecule has 0 bridgehead atoms. The number of rotatable bonds is 4. The third-order valence-electron chi connectivity index (χ3n) is 4.72. The number of nitrogens with one attached hydrogen (secondary N) is 2. The summed E-state index contributed by atoms with van der Waals surface area (Å²) >= 11 is 10.2. The third kappa shape index (κ3) is 4.59. The number of benzene rings is 3. The van der Waals surface area contributed by atoms with Crippen molar-refractivity contribution in [3.05, 3.63) is 70.2 Å². The Balaban J connectivity index is 1.57. The lowest BCUT2D eigenvalue weighted by Gasteiger charge is -2.14. The molecular formula is C23H18BrN3O3S2. The van der Waals surface area contributed by atoms with Gasteiger partial charge in [0.2, 0.25) is 0 Å². The van der Waals surface area contributed by atoms with Gasteiger partial charge in [-0.25, -0.2) is 4.98 Å². The summed E-state index contributed by atoms with van der Waals surface area (Å²) in [4.78, 5) is 17.3. The van der Waals surface area contributed by atoms with E-state index in [1.54, 1.807) is 37.3 Å². The van der Waals surface area contributed by atoms with Crippen molar-refractivity contribution in [1.82, 2.24) is 10.3 Å². The minimum atomic E-state index is -0.400. The molecule has 0 spiro atoms. The Morgan fingerprint density at radius 2 is 1.97 bits per heavy atom. The second-order valence-electron chi connectivity index (χ2n) is 6.93. The summed E-state index contributed by atoms with van der Waals surface area (Å²) in [5.41, 5.74) is 3.10. The Morgan fingerprint density at radius 1 is 1.19 bits per heavy atom. The highest BCUT2D eigenvalue weighted by atomic mass is 79.9. The first kappa shape index (κ1) is 22.2. The molecule has 0 aliphatic heterocycles. The molecule has 9 heteroatoms. The molecule has 0 atom stereocenters. The Hall–Kier alpha value is -3.01. The van der Waals surface area contributed by atoms with Crippen molar-refractivity contribution in [3.8, 4) is 22.1 Å². The van der Waals surface area contributed by atoms with Crippen LogP contribution in [0.4, 0.5) is 5.69 Å². The summed E-state index contributed by atoms with van der Waals surface area (Å²) in [6, 6.07) is 16.5. The summed E-state index contributed by atoms with van der Waals surface area (Å²) in [6.45, 7) is 1.80. The smallest absolute Gasteiger partial charge is 0.261 e. The maximum Gasteiger partial charge on any atom is 0.261 e. The van der Waals surface area contributed by atoms with E-state index >= 15 is 0 Å². The first-order valence-electron chi connectivity index (χ1n) is 9.51. The number of thiocarbonyl (C=S) groups is 1. The number of hydrogen-bond acceptors (Lipinski definition) is 6. The Labute approximate surface area is 202 Å². The second-order valence-corrected chi connectivity index (χ2v) is 9.28. The minimum absolute atomic E-state index is 0.123. The average Bonchev–Trinajstić information content (AvgIpc) is 3.20. The zero-order chi connectivity index (χ0) is 22.8. The maximum atomic E-state index is 12.7. The lowest BCUT2D eigenvalue weighted by Crippen LogP contribution is -2.34. The third-order valence-corrected chi connectivity index (χ3v) is 6.48. The monoisotopic (exact) mass is 527 g/mol. The van der Waals surface area contributed by atoms with Gasteiger partial charge < -0.3 is 15.2 Å². The van der Waals surface area contributed by atoms with E-state index in [2.05, 4.69) is 31.5 Å². The van der Waals surface area contributed by atoms with Gasteiger partial charge in [-0.05, 0) is 67.2 Å². The van der Waals surface area contributed by atoms with Gasteiger partial charge >= 0.3 is 0 Å². The van der Waals surface area contributed by atoms with Gasteiger partial charge in [-0.1, -0.05) is 28.1 Å². The van der Waals surface area contributed by atoms with Crippen molar-refractivity contribution in [2.75, 3.05) is 12.4 Å². The zero-order valence-corrected chi connectivity index (χ0v) is 20.3. The van der Waals surface area contributed by atoms with E-state index in [4.69, 9.17) is 17.0 Å². The molecule has 4 aromatic rings. The number of nitrogens with zero attached hydrogens (tertiary/aromatic N) is 1.